The molecule has 2 amide bonds. The Balaban J connectivity index is 0.00000208. The third-order valence-corrected chi connectivity index (χ3v) is 5.96. The number of nitrogens with one attached hydrogen (secondary N) is 2. The predicted octanol–water partition coefficient (Wildman–Crippen LogP) is 2.31. The standard InChI is InChI=1S/C17H25N3O2S.ClH/c18-13-9-11-3-1-4-12(10-13)16(11)20-15(21)6-7-19-17(22)14-5-2-8-23-14;/h2,5,8,11-13,16H,1,3-4,6-7,9-10,18H2,(H,19,22)(H,20,21);1H. The quantitative estimate of drug-likeness (QED) is 0.742. The molecular weight excluding hydrogens is 346 g/mol. The molecule has 134 valence electrons. The molecule has 5 nitrogen and oxygen atoms in total. The number of nitrogens with two attached hydrogens (primary N) is 1. The van der Waals surface area contributed by atoms with Crippen molar-refractivity contribution in [2.75, 3.05) is 6.54 Å². The summed E-state index contributed by atoms with van der Waals surface area (Å²) in [5.74, 6) is 0.992. The van der Waals surface area contributed by atoms with E-state index < -0.39 is 0 Å². The summed E-state index contributed by atoms with van der Waals surface area (Å²) < 4.78 is 0. The molecule has 2 bridgehead atoms. The average molecular weight is 372 g/mol. The molecule has 4 N–H and O–H groups in total. The van der Waals surface area contributed by atoms with Crippen molar-refractivity contribution in [3.63, 3.8) is 0 Å². The summed E-state index contributed by atoms with van der Waals surface area (Å²) in [5, 5.41) is 7.88. The first-order chi connectivity index (χ1) is 11.1. The van der Waals surface area contributed by atoms with Gasteiger partial charge in [-0.25, -0.2) is 0 Å². The van der Waals surface area contributed by atoms with E-state index in [1.807, 2.05) is 11.4 Å². The lowest BCUT2D eigenvalue weighted by Crippen LogP contribution is -2.54. The van der Waals surface area contributed by atoms with Gasteiger partial charge in [0.05, 0.1) is 4.88 Å². The molecule has 24 heavy (non-hydrogen) atoms. The number of carbonyl (C=O) groups is 2. The number of rotatable bonds is 5. The minimum absolute atomic E-state index is 0. The largest absolute Gasteiger partial charge is 0.353 e. The van der Waals surface area contributed by atoms with Crippen molar-refractivity contribution >= 4 is 35.6 Å². The number of thiophene rings is 1. The fraction of sp³-hybridized carbons (Fsp3) is 0.647. The van der Waals surface area contributed by atoms with Crippen LogP contribution in [-0.2, 0) is 4.79 Å². The van der Waals surface area contributed by atoms with Gasteiger partial charge in [-0.2, -0.15) is 0 Å². The molecule has 0 spiro atoms. The van der Waals surface area contributed by atoms with E-state index in [4.69, 9.17) is 5.73 Å². The summed E-state index contributed by atoms with van der Waals surface area (Å²) >= 11 is 1.41. The van der Waals surface area contributed by atoms with Crippen LogP contribution in [0.3, 0.4) is 0 Å². The smallest absolute Gasteiger partial charge is 0.261 e. The van der Waals surface area contributed by atoms with Crippen molar-refractivity contribution in [1.29, 1.82) is 0 Å². The minimum Gasteiger partial charge on any atom is -0.353 e. The van der Waals surface area contributed by atoms with Crippen LogP contribution < -0.4 is 16.4 Å². The Morgan fingerprint density at radius 3 is 2.58 bits per heavy atom. The van der Waals surface area contributed by atoms with Crippen molar-refractivity contribution in [3.8, 4) is 0 Å². The summed E-state index contributed by atoms with van der Waals surface area (Å²) in [4.78, 5) is 24.7. The van der Waals surface area contributed by atoms with E-state index in [0.717, 1.165) is 12.8 Å². The first-order valence-corrected chi connectivity index (χ1v) is 9.38. The van der Waals surface area contributed by atoms with E-state index in [9.17, 15) is 9.59 Å². The van der Waals surface area contributed by atoms with Gasteiger partial charge >= 0.3 is 0 Å². The number of halogens is 1. The summed E-state index contributed by atoms with van der Waals surface area (Å²) in [5.41, 5.74) is 6.12. The van der Waals surface area contributed by atoms with E-state index in [1.165, 1.54) is 30.6 Å². The Labute approximate surface area is 153 Å². The fourth-order valence-electron chi connectivity index (χ4n) is 4.07. The molecule has 1 aromatic heterocycles. The van der Waals surface area contributed by atoms with E-state index >= 15 is 0 Å². The van der Waals surface area contributed by atoms with Crippen molar-refractivity contribution in [3.05, 3.63) is 22.4 Å². The molecule has 3 rings (SSSR count). The number of carbonyl (C=O) groups excluding carboxylic acids is 2. The molecule has 7 heteroatoms. The SMILES string of the molecule is Cl.NC1CC2CCCC(C1)C2NC(=O)CCNC(=O)c1cccs1. The highest BCUT2D eigenvalue weighted by molar-refractivity contribution is 7.12. The summed E-state index contributed by atoms with van der Waals surface area (Å²) in [7, 11) is 0. The molecule has 0 aromatic carbocycles. The van der Waals surface area contributed by atoms with Crippen molar-refractivity contribution < 1.29 is 9.59 Å². The second-order valence-electron chi connectivity index (χ2n) is 6.76. The zero-order valence-corrected chi connectivity index (χ0v) is 15.3. The molecule has 2 aliphatic rings. The second-order valence-corrected chi connectivity index (χ2v) is 7.71. The molecule has 2 fully saturated rings. The van der Waals surface area contributed by atoms with Crippen LogP contribution in [0.4, 0.5) is 0 Å². The average Bonchev–Trinajstić information content (AvgIpc) is 3.02. The molecule has 1 heterocycles. The fourth-order valence-corrected chi connectivity index (χ4v) is 4.71. The second kappa shape index (κ2) is 8.83. The maximum Gasteiger partial charge on any atom is 0.261 e. The van der Waals surface area contributed by atoms with Crippen molar-refractivity contribution in [2.45, 2.75) is 50.6 Å². The van der Waals surface area contributed by atoms with Crippen LogP contribution in [0.2, 0.25) is 0 Å². The molecular formula is C17H26ClN3O2S. The van der Waals surface area contributed by atoms with Gasteiger partial charge in [0.1, 0.15) is 0 Å². The molecule has 0 saturated heterocycles. The van der Waals surface area contributed by atoms with E-state index in [1.54, 1.807) is 6.07 Å². The van der Waals surface area contributed by atoms with Gasteiger partial charge in [0.15, 0.2) is 0 Å². The zero-order chi connectivity index (χ0) is 16.2. The third-order valence-electron chi connectivity index (χ3n) is 5.09. The summed E-state index contributed by atoms with van der Waals surface area (Å²) in [6.45, 7) is 0.379. The molecule has 2 aliphatic carbocycles. The molecule has 1 aromatic rings. The third kappa shape index (κ3) is 4.71. The van der Waals surface area contributed by atoms with Crippen LogP contribution in [0.15, 0.2) is 17.5 Å². The van der Waals surface area contributed by atoms with Crippen LogP contribution in [0.5, 0.6) is 0 Å². The summed E-state index contributed by atoms with van der Waals surface area (Å²) in [6, 6.07) is 4.21. The van der Waals surface area contributed by atoms with E-state index in [-0.39, 0.29) is 30.3 Å². The van der Waals surface area contributed by atoms with Gasteiger partial charge in [0.25, 0.3) is 5.91 Å². The molecule has 2 atom stereocenters. The highest BCUT2D eigenvalue weighted by atomic mass is 35.5. The molecule has 0 radical (unpaired) electrons. The number of hydrogen-bond acceptors (Lipinski definition) is 4. The monoisotopic (exact) mass is 371 g/mol. The lowest BCUT2D eigenvalue weighted by Gasteiger charge is -2.45. The van der Waals surface area contributed by atoms with E-state index in [0.29, 0.717) is 35.7 Å². The van der Waals surface area contributed by atoms with Crippen LogP contribution in [-0.4, -0.2) is 30.4 Å². The summed E-state index contributed by atoms with van der Waals surface area (Å²) in [6.07, 6.45) is 5.98. The maximum atomic E-state index is 12.2. The molecule has 0 aliphatic heterocycles. The number of hydrogen-bond donors (Lipinski definition) is 3. The zero-order valence-electron chi connectivity index (χ0n) is 13.7. The Morgan fingerprint density at radius 1 is 1.25 bits per heavy atom. The van der Waals surface area contributed by atoms with E-state index in [2.05, 4.69) is 10.6 Å². The molecule has 2 unspecified atom stereocenters. The normalized spacial score (nSPS) is 28.5. The number of fused-ring (bicyclic) bond motifs is 2. The first kappa shape index (κ1) is 19.2. The van der Waals surface area contributed by atoms with Gasteiger partial charge in [-0.15, -0.1) is 23.7 Å². The molecule has 2 saturated carbocycles. The van der Waals surface area contributed by atoms with Gasteiger partial charge in [-0.3, -0.25) is 9.59 Å². The topological polar surface area (TPSA) is 84.2 Å². The van der Waals surface area contributed by atoms with Crippen molar-refractivity contribution in [2.24, 2.45) is 17.6 Å². The predicted molar refractivity (Wildman–Crippen MR) is 98.5 cm³/mol. The van der Waals surface area contributed by atoms with Crippen LogP contribution >= 0.6 is 23.7 Å². The van der Waals surface area contributed by atoms with Crippen molar-refractivity contribution in [1.82, 2.24) is 10.6 Å². The minimum atomic E-state index is -0.103. The number of amides is 2. The highest BCUT2D eigenvalue weighted by Crippen LogP contribution is 2.39. The Bertz CT molecular complexity index is 538. The Morgan fingerprint density at radius 2 is 1.96 bits per heavy atom. The van der Waals surface area contributed by atoms with Crippen LogP contribution in [0, 0.1) is 11.8 Å². The lowest BCUT2D eigenvalue weighted by molar-refractivity contribution is -0.123. The van der Waals surface area contributed by atoms with Gasteiger partial charge in [0, 0.05) is 25.0 Å². The van der Waals surface area contributed by atoms with Crippen LogP contribution in [0.25, 0.3) is 0 Å². The first-order valence-electron chi connectivity index (χ1n) is 8.50. The van der Waals surface area contributed by atoms with Gasteiger partial charge in [0.2, 0.25) is 5.91 Å². The van der Waals surface area contributed by atoms with Crippen LogP contribution in [0.1, 0.15) is 48.2 Å². The Kier molecular flexibility index (Phi) is 7.07. The van der Waals surface area contributed by atoms with Gasteiger partial charge < -0.3 is 16.4 Å². The lowest BCUT2D eigenvalue weighted by atomic mass is 9.67. The highest BCUT2D eigenvalue weighted by Gasteiger charge is 2.39. The Hall–Kier alpha value is -1.11. The maximum absolute atomic E-state index is 12.2. The van der Waals surface area contributed by atoms with Gasteiger partial charge in [-0.05, 0) is 49.0 Å². The van der Waals surface area contributed by atoms with Gasteiger partial charge in [-0.1, -0.05) is 12.5 Å².